The highest BCUT2D eigenvalue weighted by Crippen LogP contribution is 2.28. The lowest BCUT2D eigenvalue weighted by Crippen LogP contribution is -2.30. The maximum Gasteiger partial charge on any atom is 0.330 e. The van der Waals surface area contributed by atoms with Gasteiger partial charge in [-0.05, 0) is 25.8 Å². The first-order valence-corrected chi connectivity index (χ1v) is 9.19. The Hall–Kier alpha value is -2.70. The van der Waals surface area contributed by atoms with Crippen LogP contribution in [0.25, 0.3) is 11.2 Å². The fraction of sp³-hybridized carbons (Fsp3) is 0.412. The third kappa shape index (κ3) is 2.77. The van der Waals surface area contributed by atoms with Crippen LogP contribution in [0.1, 0.15) is 28.6 Å². The van der Waals surface area contributed by atoms with E-state index in [9.17, 15) is 4.79 Å². The van der Waals surface area contributed by atoms with Gasteiger partial charge in [0.1, 0.15) is 16.5 Å². The zero-order valence-corrected chi connectivity index (χ0v) is 15.3. The minimum atomic E-state index is -0.0863. The number of nitrogens with zero attached hydrogens (tertiary/aromatic N) is 5. The van der Waals surface area contributed by atoms with Crippen LogP contribution in [0.4, 0.5) is 11.6 Å². The van der Waals surface area contributed by atoms with E-state index in [1.165, 1.54) is 11.3 Å². The minimum Gasteiger partial charge on any atom is -0.381 e. The van der Waals surface area contributed by atoms with Gasteiger partial charge in [-0.25, -0.2) is 9.78 Å². The van der Waals surface area contributed by atoms with Crippen LogP contribution < -0.4 is 11.0 Å². The lowest BCUT2D eigenvalue weighted by atomic mass is 10.1. The molecule has 134 valence electrons. The van der Waals surface area contributed by atoms with Crippen LogP contribution in [0.5, 0.6) is 0 Å². The van der Waals surface area contributed by atoms with E-state index in [1.807, 2.05) is 6.92 Å². The molecule has 1 saturated heterocycles. The van der Waals surface area contributed by atoms with Crippen LogP contribution in [0.2, 0.25) is 0 Å². The second-order valence-corrected chi connectivity index (χ2v) is 7.53. The van der Waals surface area contributed by atoms with E-state index in [2.05, 4.69) is 21.4 Å². The summed E-state index contributed by atoms with van der Waals surface area (Å²) < 4.78 is 8.75. The summed E-state index contributed by atoms with van der Waals surface area (Å²) in [6.45, 7) is 3.23. The normalized spacial score (nSPS) is 15.3. The molecule has 9 heteroatoms. The Kier molecular flexibility index (Phi) is 4.22. The van der Waals surface area contributed by atoms with Crippen molar-refractivity contribution in [1.82, 2.24) is 19.1 Å². The summed E-state index contributed by atoms with van der Waals surface area (Å²) >= 11 is 1.42. The molecule has 3 aromatic rings. The third-order valence-electron chi connectivity index (χ3n) is 4.66. The van der Waals surface area contributed by atoms with Crippen LogP contribution in [0.3, 0.4) is 0 Å². The van der Waals surface area contributed by atoms with Gasteiger partial charge in [-0.2, -0.15) is 10.2 Å². The molecular weight excluding hydrogens is 352 g/mol. The predicted octanol–water partition coefficient (Wildman–Crippen LogP) is 2.47. The Morgan fingerprint density at radius 3 is 2.88 bits per heavy atom. The van der Waals surface area contributed by atoms with Crippen LogP contribution in [0.15, 0.2) is 17.1 Å². The summed E-state index contributed by atoms with van der Waals surface area (Å²) in [5, 5.41) is 12.2. The van der Waals surface area contributed by atoms with Crippen molar-refractivity contribution < 1.29 is 4.74 Å². The number of nitrogens with one attached hydrogen (secondary N) is 1. The lowest BCUT2D eigenvalue weighted by Gasteiger charge is -2.22. The molecule has 1 aliphatic rings. The number of hydrogen-bond acceptors (Lipinski definition) is 7. The maximum absolute atomic E-state index is 12.7. The fourth-order valence-corrected chi connectivity index (χ4v) is 4.02. The highest BCUT2D eigenvalue weighted by atomic mass is 32.1. The van der Waals surface area contributed by atoms with Gasteiger partial charge >= 0.3 is 5.69 Å². The molecule has 0 amide bonds. The molecule has 0 radical (unpaired) electrons. The standard InChI is InChI=1S/C17H18N6O2S/c1-10-13(7-12(8-18)26-10)20-16-19-9-14-15(21-16)23(17(24)22(14)2)11-3-5-25-6-4-11/h7,9,11H,3-6H2,1-2H3,(H,19,20,21). The molecule has 1 aliphatic heterocycles. The Morgan fingerprint density at radius 1 is 1.42 bits per heavy atom. The van der Waals surface area contributed by atoms with Crippen LogP contribution >= 0.6 is 11.3 Å². The molecule has 0 aliphatic carbocycles. The minimum absolute atomic E-state index is 0.0794. The van der Waals surface area contributed by atoms with E-state index in [1.54, 1.807) is 28.4 Å². The number of rotatable bonds is 3. The Bertz CT molecular complexity index is 1070. The van der Waals surface area contributed by atoms with E-state index < -0.39 is 0 Å². The van der Waals surface area contributed by atoms with Crippen molar-refractivity contribution >= 4 is 34.1 Å². The van der Waals surface area contributed by atoms with Gasteiger partial charge in [0.15, 0.2) is 5.65 Å². The van der Waals surface area contributed by atoms with Gasteiger partial charge in [0.2, 0.25) is 5.95 Å². The van der Waals surface area contributed by atoms with Gasteiger partial charge < -0.3 is 10.1 Å². The van der Waals surface area contributed by atoms with E-state index >= 15 is 0 Å². The Balaban J connectivity index is 1.77. The second-order valence-electron chi connectivity index (χ2n) is 6.27. The molecular formula is C17H18N6O2S. The monoisotopic (exact) mass is 370 g/mol. The molecule has 4 heterocycles. The average molecular weight is 370 g/mol. The summed E-state index contributed by atoms with van der Waals surface area (Å²) in [6, 6.07) is 4.00. The molecule has 26 heavy (non-hydrogen) atoms. The molecule has 0 saturated carbocycles. The van der Waals surface area contributed by atoms with Gasteiger partial charge in [-0.3, -0.25) is 9.13 Å². The maximum atomic E-state index is 12.7. The summed E-state index contributed by atoms with van der Waals surface area (Å²) in [5.74, 6) is 0.411. The Labute approximate surface area is 153 Å². The van der Waals surface area contributed by atoms with Crippen molar-refractivity contribution in [2.24, 2.45) is 7.05 Å². The van der Waals surface area contributed by atoms with E-state index in [0.29, 0.717) is 35.2 Å². The number of hydrogen-bond donors (Lipinski definition) is 1. The average Bonchev–Trinajstić information content (AvgIpc) is 3.13. The number of nitriles is 1. The van der Waals surface area contributed by atoms with Gasteiger partial charge in [-0.15, -0.1) is 11.3 Å². The first-order valence-electron chi connectivity index (χ1n) is 8.37. The van der Waals surface area contributed by atoms with Gasteiger partial charge in [0.25, 0.3) is 0 Å². The Morgan fingerprint density at radius 2 is 2.19 bits per heavy atom. The smallest absolute Gasteiger partial charge is 0.330 e. The van der Waals surface area contributed by atoms with Crippen molar-refractivity contribution in [2.45, 2.75) is 25.8 Å². The van der Waals surface area contributed by atoms with Crippen LogP contribution in [0, 0.1) is 18.3 Å². The number of aryl methyl sites for hydroxylation is 2. The first kappa shape index (κ1) is 16.8. The summed E-state index contributed by atoms with van der Waals surface area (Å²) in [4.78, 5) is 23.3. The molecule has 0 unspecified atom stereocenters. The largest absolute Gasteiger partial charge is 0.381 e. The molecule has 0 aromatic carbocycles. The van der Waals surface area contributed by atoms with Gasteiger partial charge in [0.05, 0.1) is 11.9 Å². The topological polar surface area (TPSA) is 97.8 Å². The predicted molar refractivity (Wildman–Crippen MR) is 98.9 cm³/mol. The van der Waals surface area contributed by atoms with Gasteiger partial charge in [0, 0.05) is 31.2 Å². The van der Waals surface area contributed by atoms with E-state index in [-0.39, 0.29) is 11.7 Å². The van der Waals surface area contributed by atoms with Crippen molar-refractivity contribution in [2.75, 3.05) is 18.5 Å². The molecule has 0 spiro atoms. The molecule has 8 nitrogen and oxygen atoms in total. The molecule has 0 bridgehead atoms. The summed E-state index contributed by atoms with van der Waals surface area (Å²) in [7, 11) is 1.74. The second kappa shape index (κ2) is 6.55. The van der Waals surface area contributed by atoms with E-state index in [4.69, 9.17) is 10.00 Å². The number of fused-ring (bicyclic) bond motifs is 1. The number of ether oxygens (including phenoxy) is 1. The molecule has 1 fully saturated rings. The fourth-order valence-electron chi connectivity index (χ4n) is 3.25. The number of anilines is 2. The van der Waals surface area contributed by atoms with Crippen LogP contribution in [-0.2, 0) is 11.8 Å². The van der Waals surface area contributed by atoms with Crippen molar-refractivity contribution in [3.8, 4) is 6.07 Å². The lowest BCUT2D eigenvalue weighted by molar-refractivity contribution is 0.0695. The van der Waals surface area contributed by atoms with Crippen molar-refractivity contribution in [1.29, 1.82) is 5.26 Å². The first-order chi connectivity index (χ1) is 12.6. The zero-order valence-electron chi connectivity index (χ0n) is 14.5. The van der Waals surface area contributed by atoms with Crippen molar-refractivity contribution in [3.05, 3.63) is 32.5 Å². The number of aromatic nitrogens is 4. The van der Waals surface area contributed by atoms with Crippen LogP contribution in [-0.4, -0.2) is 32.3 Å². The van der Waals surface area contributed by atoms with Gasteiger partial charge in [-0.1, -0.05) is 0 Å². The quantitative estimate of drug-likeness (QED) is 0.760. The highest BCUT2D eigenvalue weighted by Gasteiger charge is 2.23. The zero-order chi connectivity index (χ0) is 18.3. The van der Waals surface area contributed by atoms with E-state index in [0.717, 1.165) is 23.4 Å². The number of imidazole rings is 1. The summed E-state index contributed by atoms with van der Waals surface area (Å²) in [6.07, 6.45) is 3.25. The summed E-state index contributed by atoms with van der Waals surface area (Å²) in [5.41, 5.74) is 2.04. The molecule has 1 N–H and O–H groups in total. The molecule has 4 rings (SSSR count). The number of thiophene rings is 1. The third-order valence-corrected chi connectivity index (χ3v) is 5.62. The molecule has 3 aromatic heterocycles. The SMILES string of the molecule is Cc1sc(C#N)cc1Nc1ncc2c(n1)n(C1CCOCC1)c(=O)n2C. The molecule has 0 atom stereocenters. The van der Waals surface area contributed by atoms with Crippen molar-refractivity contribution in [3.63, 3.8) is 0 Å². The highest BCUT2D eigenvalue weighted by molar-refractivity contribution is 7.13.